The number of carboxylic acid groups (broad SMARTS) is 1. The third-order valence-corrected chi connectivity index (χ3v) is 0.464. The highest BCUT2D eigenvalue weighted by Crippen LogP contribution is 1.82. The minimum Gasteiger partial charge on any atom is -0.481 e. The van der Waals surface area contributed by atoms with Crippen LogP contribution < -0.4 is 11.3 Å². The first-order valence-corrected chi connectivity index (χ1v) is 2.78. The molecule has 0 spiro atoms. The molecule has 0 aliphatic heterocycles. The van der Waals surface area contributed by atoms with E-state index < -0.39 is 5.97 Å². The predicted molar refractivity (Wildman–Crippen MR) is 35.8 cm³/mol. The van der Waals surface area contributed by atoms with E-state index in [9.17, 15) is 4.79 Å². The van der Waals surface area contributed by atoms with Crippen molar-refractivity contribution in [2.75, 3.05) is 7.05 Å². The van der Waals surface area contributed by atoms with E-state index in [-0.39, 0.29) is 0 Å². The minimum atomic E-state index is -0.711. The molecule has 0 rings (SSSR count). The van der Waals surface area contributed by atoms with Gasteiger partial charge in [0.05, 0.1) is 0 Å². The quantitative estimate of drug-likeness (QED) is 0.365. The maximum atomic E-state index is 9.60. The molecule has 0 aliphatic rings. The normalized spacial score (nSPS) is 7.44. The second-order valence-electron chi connectivity index (χ2n) is 1.43. The van der Waals surface area contributed by atoms with Gasteiger partial charge in [-0.05, 0) is 13.5 Å². The largest absolute Gasteiger partial charge is 0.481 e. The van der Waals surface area contributed by atoms with Crippen LogP contribution >= 0.6 is 0 Å². The fraction of sp³-hybridized carbons (Fsp3) is 0.800. The highest BCUT2D eigenvalue weighted by Gasteiger charge is 1.87. The molecule has 0 atom stereocenters. The van der Waals surface area contributed by atoms with Crippen LogP contribution in [0.4, 0.5) is 0 Å². The van der Waals surface area contributed by atoms with Gasteiger partial charge in [-0.2, -0.15) is 0 Å². The topological polar surface area (TPSA) is 75.3 Å². The van der Waals surface area contributed by atoms with Crippen LogP contribution in [0.3, 0.4) is 0 Å². The van der Waals surface area contributed by atoms with Crippen LogP contribution in [-0.2, 0) is 4.79 Å². The summed E-state index contributed by atoms with van der Waals surface area (Å²) in [6.45, 7) is 1.84. The van der Waals surface area contributed by atoms with Crippen LogP contribution in [0.25, 0.3) is 0 Å². The van der Waals surface area contributed by atoms with Gasteiger partial charge in [0, 0.05) is 6.42 Å². The summed E-state index contributed by atoms with van der Waals surface area (Å²) in [4.78, 5) is 9.60. The van der Waals surface area contributed by atoms with Crippen molar-refractivity contribution in [3.8, 4) is 0 Å². The second kappa shape index (κ2) is 10.4. The number of hydrogen-bond donors (Lipinski definition) is 3. The molecule has 0 aromatic heterocycles. The molecule has 0 aliphatic carbocycles. The summed E-state index contributed by atoms with van der Waals surface area (Å²) in [5.74, 6) is 3.89. The van der Waals surface area contributed by atoms with Crippen molar-refractivity contribution in [1.82, 2.24) is 5.43 Å². The van der Waals surface area contributed by atoms with Crippen LogP contribution in [0.2, 0.25) is 0 Å². The predicted octanol–water partition coefficient (Wildman–Crippen LogP) is -0.0494. The summed E-state index contributed by atoms with van der Waals surface area (Å²) in [5, 5.41) is 7.91. The number of hydrazine groups is 1. The van der Waals surface area contributed by atoms with Gasteiger partial charge in [0.25, 0.3) is 0 Å². The Hall–Kier alpha value is -0.610. The van der Waals surface area contributed by atoms with Gasteiger partial charge in [-0.25, -0.2) is 0 Å². The molecule has 0 unspecified atom stereocenters. The van der Waals surface area contributed by atoms with Gasteiger partial charge in [0.15, 0.2) is 0 Å². The lowest BCUT2D eigenvalue weighted by atomic mass is 10.4. The zero-order valence-corrected chi connectivity index (χ0v) is 5.85. The molecule has 0 amide bonds. The first-order chi connectivity index (χ1) is 4.18. The van der Waals surface area contributed by atoms with Crippen LogP contribution in [0.1, 0.15) is 19.8 Å². The van der Waals surface area contributed by atoms with E-state index in [1.807, 2.05) is 6.92 Å². The number of nitrogens with two attached hydrogens (primary N) is 1. The van der Waals surface area contributed by atoms with Crippen molar-refractivity contribution in [3.05, 3.63) is 0 Å². The molecule has 0 heterocycles. The van der Waals surface area contributed by atoms with Crippen molar-refractivity contribution in [2.45, 2.75) is 19.8 Å². The van der Waals surface area contributed by atoms with E-state index in [0.717, 1.165) is 6.42 Å². The molecule has 0 bridgehead atoms. The van der Waals surface area contributed by atoms with Gasteiger partial charge < -0.3 is 5.11 Å². The molecule has 0 aromatic carbocycles. The molecule has 9 heavy (non-hydrogen) atoms. The Morgan fingerprint density at radius 2 is 2.11 bits per heavy atom. The molecular formula is C5H14N2O2. The van der Waals surface area contributed by atoms with Gasteiger partial charge in [-0.1, -0.05) is 6.92 Å². The van der Waals surface area contributed by atoms with Crippen molar-refractivity contribution in [3.63, 3.8) is 0 Å². The Morgan fingerprint density at radius 3 is 2.11 bits per heavy atom. The number of carbonyl (C=O) groups is 1. The molecule has 4 heteroatoms. The Labute approximate surface area is 55.0 Å². The first-order valence-electron chi connectivity index (χ1n) is 2.78. The highest BCUT2D eigenvalue weighted by molar-refractivity contribution is 5.66. The van der Waals surface area contributed by atoms with Gasteiger partial charge >= 0.3 is 5.97 Å². The third kappa shape index (κ3) is 37.6. The third-order valence-electron chi connectivity index (χ3n) is 0.464. The van der Waals surface area contributed by atoms with Crippen molar-refractivity contribution >= 4 is 5.97 Å². The molecule has 4 N–H and O–H groups in total. The van der Waals surface area contributed by atoms with Crippen molar-refractivity contribution in [1.29, 1.82) is 0 Å². The summed E-state index contributed by atoms with van der Waals surface area (Å²) < 4.78 is 0. The molecular weight excluding hydrogens is 120 g/mol. The lowest BCUT2D eigenvalue weighted by Crippen LogP contribution is -2.13. The van der Waals surface area contributed by atoms with Gasteiger partial charge in [-0.3, -0.25) is 16.1 Å². The summed E-state index contributed by atoms with van der Waals surface area (Å²) >= 11 is 0. The van der Waals surface area contributed by atoms with E-state index in [2.05, 4.69) is 11.3 Å². The molecule has 4 nitrogen and oxygen atoms in total. The van der Waals surface area contributed by atoms with Crippen LogP contribution in [0.15, 0.2) is 0 Å². The van der Waals surface area contributed by atoms with Crippen LogP contribution in [0.5, 0.6) is 0 Å². The number of rotatable bonds is 2. The Bertz CT molecular complexity index is 66.0. The van der Waals surface area contributed by atoms with E-state index in [4.69, 9.17) is 5.11 Å². The van der Waals surface area contributed by atoms with Gasteiger partial charge in [-0.15, -0.1) is 0 Å². The second-order valence-corrected chi connectivity index (χ2v) is 1.43. The summed E-state index contributed by atoms with van der Waals surface area (Å²) in [7, 11) is 1.65. The lowest BCUT2D eigenvalue weighted by Gasteiger charge is -1.79. The molecule has 0 saturated carbocycles. The fourth-order valence-corrected chi connectivity index (χ4v) is 0.214. The first kappa shape index (κ1) is 11.2. The number of hydrogen-bond acceptors (Lipinski definition) is 3. The SMILES string of the molecule is CCCC(=O)O.CNN. The maximum Gasteiger partial charge on any atom is 0.303 e. The Morgan fingerprint density at radius 1 is 1.78 bits per heavy atom. The zero-order valence-electron chi connectivity index (χ0n) is 5.85. The standard InChI is InChI=1S/C4H8O2.CH6N2/c1-2-3-4(5)6;1-3-2/h2-3H2,1H3,(H,5,6);3H,2H2,1H3. The fourth-order valence-electron chi connectivity index (χ4n) is 0.214. The zero-order chi connectivity index (χ0) is 7.70. The van der Waals surface area contributed by atoms with E-state index >= 15 is 0 Å². The number of carboxylic acids is 1. The number of aliphatic carboxylic acids is 1. The molecule has 0 saturated heterocycles. The van der Waals surface area contributed by atoms with E-state index in [1.54, 1.807) is 7.05 Å². The average molecular weight is 134 g/mol. The Balaban J connectivity index is 0. The minimum absolute atomic E-state index is 0.292. The Kier molecular flexibility index (Phi) is 13.0. The van der Waals surface area contributed by atoms with E-state index in [1.165, 1.54) is 0 Å². The lowest BCUT2D eigenvalue weighted by molar-refractivity contribution is -0.137. The maximum absolute atomic E-state index is 9.60. The molecule has 0 aromatic rings. The van der Waals surface area contributed by atoms with Gasteiger partial charge in [0.1, 0.15) is 0 Å². The molecule has 0 fully saturated rings. The van der Waals surface area contributed by atoms with Crippen LogP contribution in [0, 0.1) is 0 Å². The number of nitrogens with one attached hydrogen (secondary N) is 1. The van der Waals surface area contributed by atoms with Crippen LogP contribution in [-0.4, -0.2) is 18.1 Å². The highest BCUT2D eigenvalue weighted by atomic mass is 16.4. The molecule has 0 radical (unpaired) electrons. The van der Waals surface area contributed by atoms with Gasteiger partial charge in [0.2, 0.25) is 0 Å². The summed E-state index contributed by atoms with van der Waals surface area (Å²) in [6, 6.07) is 0. The smallest absolute Gasteiger partial charge is 0.303 e. The monoisotopic (exact) mass is 134 g/mol. The van der Waals surface area contributed by atoms with Crippen molar-refractivity contribution in [2.24, 2.45) is 5.84 Å². The summed E-state index contributed by atoms with van der Waals surface area (Å²) in [6.07, 6.45) is 1.02. The van der Waals surface area contributed by atoms with E-state index in [0.29, 0.717) is 6.42 Å². The average Bonchev–Trinajstić information content (AvgIpc) is 1.67. The summed E-state index contributed by atoms with van der Waals surface area (Å²) in [5.41, 5.74) is 2.25. The molecule has 56 valence electrons. The van der Waals surface area contributed by atoms with Crippen molar-refractivity contribution < 1.29 is 9.90 Å².